The lowest BCUT2D eigenvalue weighted by Gasteiger charge is -2.28. The van der Waals surface area contributed by atoms with Gasteiger partial charge in [0.05, 0.1) is 0 Å². The van der Waals surface area contributed by atoms with Crippen LogP contribution in [0.3, 0.4) is 0 Å². The van der Waals surface area contributed by atoms with E-state index in [9.17, 15) is 4.79 Å². The first-order valence-electron chi connectivity index (χ1n) is 16.1. The molecule has 4 rings (SSSR count). The number of nitrogens with zero attached hydrogens (tertiary/aromatic N) is 2. The summed E-state index contributed by atoms with van der Waals surface area (Å²) < 4.78 is 29.2. The number of amides is 1. The van der Waals surface area contributed by atoms with Gasteiger partial charge in [-0.05, 0) is 86.1 Å². The van der Waals surface area contributed by atoms with Crippen molar-refractivity contribution >= 4 is 14.9 Å². The van der Waals surface area contributed by atoms with E-state index in [-0.39, 0.29) is 5.41 Å². The molecule has 1 heterocycles. The molecular formula is C36H47N3O6Si. The molecule has 1 atom stereocenters. The summed E-state index contributed by atoms with van der Waals surface area (Å²) in [6, 6.07) is 24.9. The molecule has 1 unspecified atom stereocenters. The molecule has 1 N–H and O–H groups in total. The highest BCUT2D eigenvalue weighted by molar-refractivity contribution is 6.60. The average Bonchev–Trinajstić information content (AvgIpc) is 3.54. The van der Waals surface area contributed by atoms with Crippen molar-refractivity contribution in [3.8, 4) is 34.0 Å². The van der Waals surface area contributed by atoms with Crippen LogP contribution in [0, 0.1) is 0 Å². The van der Waals surface area contributed by atoms with Crippen LogP contribution in [0.1, 0.15) is 72.1 Å². The Morgan fingerprint density at radius 1 is 0.761 bits per heavy atom. The van der Waals surface area contributed by atoms with Crippen LogP contribution < -0.4 is 5.32 Å². The zero-order chi connectivity index (χ0) is 33.2. The predicted octanol–water partition coefficient (Wildman–Crippen LogP) is 8.59. The van der Waals surface area contributed by atoms with E-state index in [1.807, 2.05) is 88.4 Å². The molecule has 1 aromatic heterocycles. The minimum absolute atomic E-state index is 0.0816. The predicted molar refractivity (Wildman–Crippen MR) is 182 cm³/mol. The molecule has 0 bridgehead atoms. The van der Waals surface area contributed by atoms with E-state index in [0.29, 0.717) is 50.6 Å². The molecule has 0 saturated carbocycles. The maximum absolute atomic E-state index is 12.5. The third-order valence-corrected chi connectivity index (χ3v) is 10.7. The van der Waals surface area contributed by atoms with Gasteiger partial charge in [-0.1, -0.05) is 69.3 Å². The number of hydrogen-bond acceptors (Lipinski definition) is 8. The molecule has 0 aliphatic carbocycles. The van der Waals surface area contributed by atoms with Gasteiger partial charge in [0.25, 0.3) is 0 Å². The second-order valence-electron chi connectivity index (χ2n) is 12.0. The topological polar surface area (TPSA) is 105 Å². The summed E-state index contributed by atoms with van der Waals surface area (Å²) in [5, 5.41) is 11.4. The number of nitrogens with one attached hydrogen (secondary N) is 1. The van der Waals surface area contributed by atoms with Crippen LogP contribution in [0.15, 0.2) is 77.2 Å². The number of hydrogen-bond donors (Lipinski definition) is 1. The number of ether oxygens (including phenoxy) is 1. The summed E-state index contributed by atoms with van der Waals surface area (Å²) in [4.78, 5) is 12.5. The largest absolute Gasteiger partial charge is 0.500 e. The first kappa shape index (κ1) is 35.0. The van der Waals surface area contributed by atoms with Gasteiger partial charge in [-0.2, -0.15) is 0 Å². The number of rotatable bonds is 15. The highest BCUT2D eigenvalue weighted by Crippen LogP contribution is 2.30. The second kappa shape index (κ2) is 16.1. The van der Waals surface area contributed by atoms with E-state index in [4.69, 9.17) is 22.4 Å². The van der Waals surface area contributed by atoms with Crippen LogP contribution in [-0.4, -0.2) is 51.5 Å². The van der Waals surface area contributed by atoms with E-state index < -0.39 is 21.0 Å². The fraction of sp³-hybridized carbons (Fsp3) is 0.417. The van der Waals surface area contributed by atoms with Crippen molar-refractivity contribution in [1.82, 2.24) is 15.5 Å². The fourth-order valence-corrected chi connectivity index (χ4v) is 7.70. The molecule has 46 heavy (non-hydrogen) atoms. The quantitative estimate of drug-likeness (QED) is 0.101. The summed E-state index contributed by atoms with van der Waals surface area (Å²) in [6.07, 6.45) is -0.200. The van der Waals surface area contributed by atoms with Crippen molar-refractivity contribution in [3.63, 3.8) is 0 Å². The standard InChI is InChI=1S/C36H47N3O6Si/c1-8-41-46(42-9-2,43-10-3)25-11-24-37-35(40)44-26(4)27-12-14-28(15-13-27)29-16-18-30(19-17-29)33-38-39-34(45-33)31-20-22-32(23-21-31)36(5,6)7/h12-23,26H,8-11,24-25H2,1-7H3,(H,37,40). The van der Waals surface area contributed by atoms with Gasteiger partial charge in [0, 0.05) is 43.5 Å². The monoisotopic (exact) mass is 645 g/mol. The number of carbonyl (C=O) groups excluding carboxylic acids is 1. The molecule has 3 aromatic carbocycles. The van der Waals surface area contributed by atoms with Gasteiger partial charge in [-0.25, -0.2) is 4.79 Å². The van der Waals surface area contributed by atoms with E-state index in [2.05, 4.69) is 48.4 Å². The highest BCUT2D eigenvalue weighted by Gasteiger charge is 2.39. The van der Waals surface area contributed by atoms with Crippen LogP contribution >= 0.6 is 0 Å². The summed E-state index contributed by atoms with van der Waals surface area (Å²) in [7, 11) is -2.73. The van der Waals surface area contributed by atoms with Crippen LogP contribution in [0.25, 0.3) is 34.0 Å². The molecule has 0 aliphatic rings. The molecule has 10 heteroatoms. The molecule has 246 valence electrons. The summed E-state index contributed by atoms with van der Waals surface area (Å²) in [5.74, 6) is 0.967. The maximum atomic E-state index is 12.5. The first-order valence-corrected chi connectivity index (χ1v) is 18.0. The molecule has 0 spiro atoms. The van der Waals surface area contributed by atoms with Crippen molar-refractivity contribution in [2.24, 2.45) is 0 Å². The molecule has 4 aromatic rings. The van der Waals surface area contributed by atoms with E-state index in [1.165, 1.54) is 5.56 Å². The normalized spacial score (nSPS) is 12.6. The molecule has 0 fully saturated rings. The number of aromatic nitrogens is 2. The zero-order valence-corrected chi connectivity index (χ0v) is 29.1. The van der Waals surface area contributed by atoms with Gasteiger partial charge in [-0.3, -0.25) is 0 Å². The van der Waals surface area contributed by atoms with Crippen LogP contribution in [0.2, 0.25) is 6.04 Å². The van der Waals surface area contributed by atoms with Crippen molar-refractivity contribution in [2.75, 3.05) is 26.4 Å². The number of carbonyl (C=O) groups is 1. The Balaban J connectivity index is 1.29. The summed E-state index contributed by atoms with van der Waals surface area (Å²) in [6.45, 7) is 16.2. The molecule has 0 aliphatic heterocycles. The van der Waals surface area contributed by atoms with Gasteiger partial charge in [0.1, 0.15) is 6.10 Å². The van der Waals surface area contributed by atoms with Crippen molar-refractivity contribution in [3.05, 3.63) is 83.9 Å². The molecule has 9 nitrogen and oxygen atoms in total. The van der Waals surface area contributed by atoms with Gasteiger partial charge in [0.2, 0.25) is 11.8 Å². The Kier molecular flexibility index (Phi) is 12.3. The lowest BCUT2D eigenvalue weighted by atomic mass is 9.87. The van der Waals surface area contributed by atoms with Crippen LogP contribution in [0.4, 0.5) is 4.79 Å². The lowest BCUT2D eigenvalue weighted by Crippen LogP contribution is -2.46. The van der Waals surface area contributed by atoms with Gasteiger partial charge in [-0.15, -0.1) is 10.2 Å². The Hall–Kier alpha value is -3.83. The summed E-state index contributed by atoms with van der Waals surface area (Å²) in [5.41, 5.74) is 6.07. The van der Waals surface area contributed by atoms with Gasteiger partial charge in [0.15, 0.2) is 0 Å². The second-order valence-corrected chi connectivity index (χ2v) is 14.7. The zero-order valence-electron chi connectivity index (χ0n) is 28.1. The lowest BCUT2D eigenvalue weighted by molar-refractivity contribution is 0.0704. The van der Waals surface area contributed by atoms with E-state index in [0.717, 1.165) is 27.8 Å². The average molecular weight is 646 g/mol. The van der Waals surface area contributed by atoms with Crippen molar-refractivity contribution in [2.45, 2.75) is 72.5 Å². The molecule has 1 amide bonds. The minimum atomic E-state index is -2.73. The van der Waals surface area contributed by atoms with Gasteiger partial charge >= 0.3 is 14.9 Å². The summed E-state index contributed by atoms with van der Waals surface area (Å²) >= 11 is 0. The van der Waals surface area contributed by atoms with Crippen molar-refractivity contribution in [1.29, 1.82) is 0 Å². The van der Waals surface area contributed by atoms with Gasteiger partial charge < -0.3 is 27.7 Å². The SMILES string of the molecule is CCO[Si](CCCNC(=O)OC(C)c1ccc(-c2ccc(-c3nnc(-c4ccc(C(C)(C)C)cc4)o3)cc2)cc1)(OCC)OCC. The fourth-order valence-electron chi connectivity index (χ4n) is 5.09. The molecule has 0 saturated heterocycles. The molecule has 0 radical (unpaired) electrons. The van der Waals surface area contributed by atoms with E-state index >= 15 is 0 Å². The highest BCUT2D eigenvalue weighted by atomic mass is 28.4. The Morgan fingerprint density at radius 3 is 1.70 bits per heavy atom. The molecular weight excluding hydrogens is 598 g/mol. The maximum Gasteiger partial charge on any atom is 0.500 e. The third kappa shape index (κ3) is 9.35. The van der Waals surface area contributed by atoms with Crippen molar-refractivity contribution < 1.29 is 27.2 Å². The Bertz CT molecular complexity index is 1500. The van der Waals surface area contributed by atoms with Crippen LogP contribution in [-0.2, 0) is 23.4 Å². The minimum Gasteiger partial charge on any atom is -0.442 e. The number of benzene rings is 3. The third-order valence-electron chi connectivity index (χ3n) is 7.57. The van der Waals surface area contributed by atoms with Crippen LogP contribution in [0.5, 0.6) is 0 Å². The Morgan fingerprint density at radius 2 is 1.22 bits per heavy atom. The Labute approximate surface area is 274 Å². The smallest absolute Gasteiger partial charge is 0.442 e. The van der Waals surface area contributed by atoms with E-state index in [1.54, 1.807) is 0 Å². The number of alkyl carbamates (subject to hydrolysis) is 1. The first-order chi connectivity index (χ1) is 22.1.